The first-order valence-electron chi connectivity index (χ1n) is 10.7. The number of hydrogen-bond acceptors (Lipinski definition) is 4. The van der Waals surface area contributed by atoms with E-state index in [9.17, 15) is 9.59 Å². The number of hydrogen-bond donors (Lipinski definition) is 2. The minimum Gasteiger partial charge on any atom is -0.497 e. The number of ether oxygens (including phenoxy) is 1. The maximum atomic E-state index is 12.8. The molecule has 0 unspecified atom stereocenters. The number of fused-ring (bicyclic) bond motifs is 1. The summed E-state index contributed by atoms with van der Waals surface area (Å²) < 4.78 is 5.18. The lowest BCUT2D eigenvalue weighted by molar-refractivity contribution is -0.112. The summed E-state index contributed by atoms with van der Waals surface area (Å²) >= 11 is 1.41. The first kappa shape index (κ1) is 21.5. The monoisotopic (exact) mass is 436 g/mol. The molecular formula is C25H28N2O3S. The van der Waals surface area contributed by atoms with Gasteiger partial charge in [0.25, 0.3) is 11.8 Å². The summed E-state index contributed by atoms with van der Waals surface area (Å²) in [5.41, 5.74) is 2.18. The van der Waals surface area contributed by atoms with Crippen molar-refractivity contribution in [3.8, 4) is 5.75 Å². The van der Waals surface area contributed by atoms with Crippen LogP contribution in [0.2, 0.25) is 0 Å². The fourth-order valence-electron chi connectivity index (χ4n) is 4.19. The van der Waals surface area contributed by atoms with Crippen LogP contribution in [0.3, 0.4) is 0 Å². The van der Waals surface area contributed by atoms with Crippen molar-refractivity contribution >= 4 is 35.3 Å². The Kier molecular flexibility index (Phi) is 6.37. The zero-order valence-electron chi connectivity index (χ0n) is 18.1. The van der Waals surface area contributed by atoms with Crippen molar-refractivity contribution in [2.75, 3.05) is 12.4 Å². The molecule has 2 amide bonds. The molecular weight excluding hydrogens is 408 g/mol. The standard InChI is InChI=1S/C25H28N2O3S/c1-15-5-4-6-20(16(15)2)26-24(28)18-9-12-22-21(14-18)27-25(29)23(31-22)13-17-7-10-19(30-3)11-8-17/h7-16,20H,4-6H2,1-3H3,(H,26,28)(H,27,29)/b23-13+/t15-,16+,20-/m1/s1. The fraction of sp³-hybridized carbons (Fsp3) is 0.360. The highest BCUT2D eigenvalue weighted by molar-refractivity contribution is 8.04. The van der Waals surface area contributed by atoms with Gasteiger partial charge in [0.15, 0.2) is 0 Å². The summed E-state index contributed by atoms with van der Waals surface area (Å²) in [5.74, 6) is 1.62. The molecule has 0 aromatic heterocycles. The van der Waals surface area contributed by atoms with Crippen molar-refractivity contribution in [2.45, 2.75) is 44.0 Å². The minimum absolute atomic E-state index is 0.0763. The Bertz CT molecular complexity index is 1020. The largest absolute Gasteiger partial charge is 0.497 e. The molecule has 3 atom stereocenters. The third-order valence-corrected chi connectivity index (χ3v) is 7.47. The van der Waals surface area contributed by atoms with E-state index in [2.05, 4.69) is 24.5 Å². The first-order chi connectivity index (χ1) is 14.9. The SMILES string of the molecule is COc1ccc(/C=C2/Sc3ccc(C(=O)N[C@@H]4CCC[C@@H](C)[C@@H]4C)cc3NC2=O)cc1. The smallest absolute Gasteiger partial charge is 0.262 e. The second-order valence-electron chi connectivity index (χ2n) is 8.40. The molecule has 1 saturated carbocycles. The summed E-state index contributed by atoms with van der Waals surface area (Å²) in [7, 11) is 1.62. The van der Waals surface area contributed by atoms with E-state index in [4.69, 9.17) is 4.74 Å². The fourth-order valence-corrected chi connectivity index (χ4v) is 5.12. The van der Waals surface area contributed by atoms with Gasteiger partial charge in [0.05, 0.1) is 17.7 Å². The van der Waals surface area contributed by atoms with Gasteiger partial charge in [-0.3, -0.25) is 9.59 Å². The normalized spacial score (nSPS) is 24.3. The van der Waals surface area contributed by atoms with Crippen LogP contribution in [0.15, 0.2) is 52.3 Å². The van der Waals surface area contributed by atoms with Crippen molar-refractivity contribution in [3.05, 3.63) is 58.5 Å². The van der Waals surface area contributed by atoms with Gasteiger partial charge in [-0.25, -0.2) is 0 Å². The number of carbonyl (C=O) groups excluding carboxylic acids is 2. The lowest BCUT2D eigenvalue weighted by Gasteiger charge is -2.34. The van der Waals surface area contributed by atoms with Crippen LogP contribution in [-0.2, 0) is 4.79 Å². The molecule has 162 valence electrons. The summed E-state index contributed by atoms with van der Waals surface area (Å²) in [5, 5.41) is 6.14. The summed E-state index contributed by atoms with van der Waals surface area (Å²) in [4.78, 5) is 27.0. The van der Waals surface area contributed by atoms with Crippen LogP contribution >= 0.6 is 11.8 Å². The van der Waals surface area contributed by atoms with Gasteiger partial charge in [0, 0.05) is 16.5 Å². The Labute approximate surface area is 187 Å². The zero-order chi connectivity index (χ0) is 22.0. The molecule has 0 bridgehead atoms. The van der Waals surface area contributed by atoms with Gasteiger partial charge in [-0.05, 0) is 60.2 Å². The Morgan fingerprint density at radius 3 is 2.68 bits per heavy atom. The number of anilines is 1. The van der Waals surface area contributed by atoms with Gasteiger partial charge in [-0.1, -0.05) is 50.6 Å². The van der Waals surface area contributed by atoms with Crippen LogP contribution in [0.1, 0.15) is 49.0 Å². The van der Waals surface area contributed by atoms with Gasteiger partial charge in [-0.15, -0.1) is 0 Å². The zero-order valence-corrected chi connectivity index (χ0v) is 18.9. The molecule has 31 heavy (non-hydrogen) atoms. The average Bonchev–Trinajstić information content (AvgIpc) is 2.77. The Morgan fingerprint density at radius 2 is 1.94 bits per heavy atom. The molecule has 0 radical (unpaired) electrons. The summed E-state index contributed by atoms with van der Waals surface area (Å²) in [6.07, 6.45) is 5.25. The van der Waals surface area contributed by atoms with Gasteiger partial charge in [-0.2, -0.15) is 0 Å². The number of carbonyl (C=O) groups is 2. The molecule has 4 rings (SSSR count). The van der Waals surface area contributed by atoms with E-state index in [1.807, 2.05) is 42.5 Å². The van der Waals surface area contributed by atoms with Crippen molar-refractivity contribution < 1.29 is 14.3 Å². The minimum atomic E-state index is -0.166. The summed E-state index contributed by atoms with van der Waals surface area (Å²) in [6, 6.07) is 13.3. The lowest BCUT2D eigenvalue weighted by Crippen LogP contribution is -2.43. The highest BCUT2D eigenvalue weighted by Crippen LogP contribution is 2.39. The van der Waals surface area contributed by atoms with Crippen LogP contribution in [0.5, 0.6) is 5.75 Å². The number of benzene rings is 2. The van der Waals surface area contributed by atoms with Crippen LogP contribution in [0, 0.1) is 11.8 Å². The van der Waals surface area contributed by atoms with E-state index in [-0.39, 0.29) is 17.9 Å². The molecule has 2 aliphatic rings. The van der Waals surface area contributed by atoms with E-state index in [0.29, 0.717) is 28.0 Å². The predicted octanol–water partition coefficient (Wildman–Crippen LogP) is 5.34. The van der Waals surface area contributed by atoms with Crippen LogP contribution in [-0.4, -0.2) is 25.0 Å². The Hall–Kier alpha value is -2.73. The second kappa shape index (κ2) is 9.18. The van der Waals surface area contributed by atoms with Gasteiger partial charge in [0.1, 0.15) is 5.75 Å². The molecule has 2 aromatic carbocycles. The number of methoxy groups -OCH3 is 1. The van der Waals surface area contributed by atoms with Crippen molar-refractivity contribution in [3.63, 3.8) is 0 Å². The van der Waals surface area contributed by atoms with Crippen molar-refractivity contribution in [2.24, 2.45) is 11.8 Å². The second-order valence-corrected chi connectivity index (χ2v) is 9.48. The molecule has 2 aromatic rings. The van der Waals surface area contributed by atoms with E-state index in [1.165, 1.54) is 18.2 Å². The average molecular weight is 437 g/mol. The van der Waals surface area contributed by atoms with Crippen molar-refractivity contribution in [1.29, 1.82) is 0 Å². The topological polar surface area (TPSA) is 67.4 Å². The maximum absolute atomic E-state index is 12.8. The Morgan fingerprint density at radius 1 is 1.16 bits per heavy atom. The highest BCUT2D eigenvalue weighted by Gasteiger charge is 2.29. The van der Waals surface area contributed by atoms with Crippen molar-refractivity contribution in [1.82, 2.24) is 5.32 Å². The molecule has 0 spiro atoms. The van der Waals surface area contributed by atoms with E-state index < -0.39 is 0 Å². The number of nitrogens with one attached hydrogen (secondary N) is 2. The predicted molar refractivity (Wildman–Crippen MR) is 125 cm³/mol. The highest BCUT2D eigenvalue weighted by atomic mass is 32.2. The lowest BCUT2D eigenvalue weighted by atomic mass is 9.78. The Balaban J connectivity index is 1.48. The van der Waals surface area contributed by atoms with Crippen LogP contribution in [0.25, 0.3) is 6.08 Å². The van der Waals surface area contributed by atoms with Gasteiger partial charge in [0.2, 0.25) is 0 Å². The van der Waals surface area contributed by atoms with Gasteiger partial charge < -0.3 is 15.4 Å². The molecule has 1 heterocycles. The molecule has 5 nitrogen and oxygen atoms in total. The third-order valence-electron chi connectivity index (χ3n) is 6.37. The summed E-state index contributed by atoms with van der Waals surface area (Å²) in [6.45, 7) is 4.47. The first-order valence-corrected chi connectivity index (χ1v) is 11.6. The van der Waals surface area contributed by atoms with E-state index >= 15 is 0 Å². The van der Waals surface area contributed by atoms with Crippen LogP contribution in [0.4, 0.5) is 5.69 Å². The molecule has 1 fully saturated rings. The van der Waals surface area contributed by atoms with E-state index in [0.717, 1.165) is 29.1 Å². The molecule has 1 aliphatic heterocycles. The van der Waals surface area contributed by atoms with E-state index in [1.54, 1.807) is 13.2 Å². The molecule has 2 N–H and O–H groups in total. The quantitative estimate of drug-likeness (QED) is 0.635. The molecule has 6 heteroatoms. The number of rotatable bonds is 4. The number of thioether (sulfide) groups is 1. The van der Waals surface area contributed by atoms with Crippen LogP contribution < -0.4 is 15.4 Å². The third kappa shape index (κ3) is 4.79. The molecule has 0 saturated heterocycles. The number of amides is 2. The molecule has 1 aliphatic carbocycles. The maximum Gasteiger partial charge on any atom is 0.262 e. The van der Waals surface area contributed by atoms with Gasteiger partial charge >= 0.3 is 0 Å².